The number of nitrogens with one attached hydrogen (secondary N) is 1. The molecular formula is C19H14ClF3N2O3. The fourth-order valence-corrected chi connectivity index (χ4v) is 2.35. The highest BCUT2D eigenvalue weighted by Crippen LogP contribution is 2.31. The largest absolute Gasteiger partial charge is 0.573 e. The van der Waals surface area contributed by atoms with Crippen LogP contribution in [0.2, 0.25) is 5.02 Å². The van der Waals surface area contributed by atoms with Gasteiger partial charge in [-0.1, -0.05) is 23.7 Å². The minimum atomic E-state index is -4.80. The number of ether oxygens (including phenoxy) is 2. The van der Waals surface area contributed by atoms with Crippen LogP contribution < -0.4 is 14.8 Å². The van der Waals surface area contributed by atoms with Crippen molar-refractivity contribution in [3.05, 3.63) is 58.1 Å². The van der Waals surface area contributed by atoms with Crippen LogP contribution in [0.1, 0.15) is 11.1 Å². The molecule has 1 N–H and O–H groups in total. The van der Waals surface area contributed by atoms with Gasteiger partial charge in [0.1, 0.15) is 23.1 Å². The summed E-state index contributed by atoms with van der Waals surface area (Å²) in [5.41, 5.74) is 1.12. The van der Waals surface area contributed by atoms with Crippen LogP contribution in [0.25, 0.3) is 6.08 Å². The first-order valence-electron chi connectivity index (χ1n) is 7.76. The van der Waals surface area contributed by atoms with Crippen LogP contribution in [0.3, 0.4) is 0 Å². The number of carbonyl (C=O) groups is 1. The van der Waals surface area contributed by atoms with Crippen molar-refractivity contribution in [2.24, 2.45) is 0 Å². The van der Waals surface area contributed by atoms with Gasteiger partial charge in [-0.3, -0.25) is 4.79 Å². The Morgan fingerprint density at radius 2 is 1.89 bits per heavy atom. The second-order valence-electron chi connectivity index (χ2n) is 5.54. The number of anilines is 1. The van der Waals surface area contributed by atoms with E-state index in [0.717, 1.165) is 12.1 Å². The lowest BCUT2D eigenvalue weighted by molar-refractivity contribution is -0.274. The molecule has 0 aliphatic heterocycles. The summed E-state index contributed by atoms with van der Waals surface area (Å²) < 4.78 is 45.5. The molecule has 28 heavy (non-hydrogen) atoms. The molecule has 9 heteroatoms. The summed E-state index contributed by atoms with van der Waals surface area (Å²) in [6.07, 6.45) is -3.56. The van der Waals surface area contributed by atoms with Gasteiger partial charge in [-0.05, 0) is 42.3 Å². The number of amides is 1. The van der Waals surface area contributed by atoms with Crippen molar-refractivity contribution >= 4 is 29.3 Å². The molecule has 0 atom stereocenters. The SMILES string of the molecule is COc1cc(Cl)c(C)cc1NC(=O)/C(C#N)=C/c1ccc(OC(F)(F)F)cc1. The number of benzene rings is 2. The lowest BCUT2D eigenvalue weighted by atomic mass is 10.1. The molecule has 0 spiro atoms. The number of methoxy groups -OCH3 is 1. The molecule has 2 rings (SSSR count). The Hall–Kier alpha value is -3.18. The Kier molecular flexibility index (Phi) is 6.54. The molecule has 0 saturated heterocycles. The van der Waals surface area contributed by atoms with Gasteiger partial charge in [0.25, 0.3) is 5.91 Å². The third-order valence-electron chi connectivity index (χ3n) is 3.52. The van der Waals surface area contributed by atoms with E-state index < -0.39 is 18.0 Å². The summed E-state index contributed by atoms with van der Waals surface area (Å²) in [6, 6.07) is 9.62. The summed E-state index contributed by atoms with van der Waals surface area (Å²) in [5.74, 6) is -0.804. The highest BCUT2D eigenvalue weighted by atomic mass is 35.5. The molecular weight excluding hydrogens is 397 g/mol. The zero-order chi connectivity index (χ0) is 20.9. The third-order valence-corrected chi connectivity index (χ3v) is 3.93. The predicted octanol–water partition coefficient (Wildman–Crippen LogP) is 5.10. The number of aryl methyl sites for hydroxylation is 1. The van der Waals surface area contributed by atoms with E-state index >= 15 is 0 Å². The maximum absolute atomic E-state index is 12.4. The second-order valence-corrected chi connectivity index (χ2v) is 5.95. The zero-order valence-corrected chi connectivity index (χ0v) is 15.5. The molecule has 2 aromatic carbocycles. The molecule has 0 aliphatic rings. The quantitative estimate of drug-likeness (QED) is 0.549. The third kappa shape index (κ3) is 5.66. The lowest BCUT2D eigenvalue weighted by Gasteiger charge is -2.12. The molecule has 0 aliphatic carbocycles. The van der Waals surface area contributed by atoms with Crippen molar-refractivity contribution in [2.45, 2.75) is 13.3 Å². The molecule has 5 nitrogen and oxygen atoms in total. The number of hydrogen-bond donors (Lipinski definition) is 1. The van der Waals surface area contributed by atoms with Gasteiger partial charge < -0.3 is 14.8 Å². The zero-order valence-electron chi connectivity index (χ0n) is 14.7. The van der Waals surface area contributed by atoms with Gasteiger partial charge in [0.15, 0.2) is 0 Å². The molecule has 0 fully saturated rings. The van der Waals surface area contributed by atoms with E-state index in [1.807, 2.05) is 0 Å². The second kappa shape index (κ2) is 8.67. The first-order chi connectivity index (χ1) is 13.1. The van der Waals surface area contributed by atoms with E-state index in [4.69, 9.17) is 16.3 Å². The average molecular weight is 411 g/mol. The highest BCUT2D eigenvalue weighted by Gasteiger charge is 2.30. The summed E-state index contributed by atoms with van der Waals surface area (Å²) in [6.45, 7) is 1.74. The lowest BCUT2D eigenvalue weighted by Crippen LogP contribution is -2.17. The molecule has 146 valence electrons. The van der Waals surface area contributed by atoms with Crippen molar-refractivity contribution in [1.82, 2.24) is 0 Å². The van der Waals surface area contributed by atoms with E-state index in [-0.39, 0.29) is 5.57 Å². The number of halogens is 4. The summed E-state index contributed by atoms with van der Waals surface area (Å²) in [5, 5.41) is 12.3. The van der Waals surface area contributed by atoms with Crippen LogP contribution in [0, 0.1) is 18.3 Å². The maximum atomic E-state index is 12.4. The van der Waals surface area contributed by atoms with E-state index in [0.29, 0.717) is 27.6 Å². The average Bonchev–Trinajstić information content (AvgIpc) is 2.62. The Labute approximate surface area is 163 Å². The summed E-state index contributed by atoms with van der Waals surface area (Å²) >= 11 is 6.01. The van der Waals surface area contributed by atoms with Crippen LogP contribution in [-0.4, -0.2) is 19.4 Å². The highest BCUT2D eigenvalue weighted by molar-refractivity contribution is 6.31. The minimum Gasteiger partial charge on any atom is -0.495 e. The molecule has 0 heterocycles. The van der Waals surface area contributed by atoms with Crippen LogP contribution >= 0.6 is 11.6 Å². The van der Waals surface area contributed by atoms with Gasteiger partial charge >= 0.3 is 6.36 Å². The van der Waals surface area contributed by atoms with Crippen LogP contribution in [0.4, 0.5) is 18.9 Å². The van der Waals surface area contributed by atoms with E-state index in [2.05, 4.69) is 10.1 Å². The van der Waals surface area contributed by atoms with Crippen molar-refractivity contribution < 1.29 is 27.4 Å². The smallest absolute Gasteiger partial charge is 0.495 e. The summed E-state index contributed by atoms with van der Waals surface area (Å²) in [4.78, 5) is 12.4. The minimum absolute atomic E-state index is 0.251. The van der Waals surface area contributed by atoms with Gasteiger partial charge in [-0.2, -0.15) is 5.26 Å². The van der Waals surface area contributed by atoms with Crippen molar-refractivity contribution in [1.29, 1.82) is 5.26 Å². The fourth-order valence-electron chi connectivity index (χ4n) is 2.20. The fraction of sp³-hybridized carbons (Fsp3) is 0.158. The van der Waals surface area contributed by atoms with Crippen molar-refractivity contribution in [3.63, 3.8) is 0 Å². The molecule has 0 aromatic heterocycles. The van der Waals surface area contributed by atoms with Crippen LogP contribution in [0.5, 0.6) is 11.5 Å². The molecule has 1 amide bonds. The van der Waals surface area contributed by atoms with Gasteiger partial charge in [0.2, 0.25) is 0 Å². The standard InChI is InChI=1S/C19H14ClF3N2O3/c1-11-7-16(17(27-2)9-15(11)20)25-18(26)13(10-24)8-12-3-5-14(6-4-12)28-19(21,22)23/h3-9H,1-2H3,(H,25,26)/b13-8+. The number of hydrogen-bond acceptors (Lipinski definition) is 4. The molecule has 0 unspecified atom stereocenters. The molecule has 0 radical (unpaired) electrons. The Bertz CT molecular complexity index is 949. The van der Waals surface area contributed by atoms with Gasteiger partial charge in [-0.25, -0.2) is 0 Å². The van der Waals surface area contributed by atoms with Gasteiger partial charge in [0, 0.05) is 11.1 Å². The Morgan fingerprint density at radius 1 is 1.25 bits per heavy atom. The van der Waals surface area contributed by atoms with Gasteiger partial charge in [0.05, 0.1) is 12.8 Å². The number of nitrogens with zero attached hydrogens (tertiary/aromatic N) is 1. The van der Waals surface area contributed by atoms with Crippen LogP contribution in [0.15, 0.2) is 42.0 Å². The molecule has 0 bridgehead atoms. The molecule has 2 aromatic rings. The predicted molar refractivity (Wildman–Crippen MR) is 98.1 cm³/mol. The maximum Gasteiger partial charge on any atom is 0.573 e. The van der Waals surface area contributed by atoms with Crippen LogP contribution in [-0.2, 0) is 4.79 Å². The first kappa shape index (κ1) is 21.1. The monoisotopic (exact) mass is 410 g/mol. The van der Waals surface area contributed by atoms with Crippen molar-refractivity contribution in [3.8, 4) is 17.6 Å². The Balaban J connectivity index is 2.22. The normalized spacial score (nSPS) is 11.5. The Morgan fingerprint density at radius 3 is 2.43 bits per heavy atom. The van der Waals surface area contributed by atoms with E-state index in [1.54, 1.807) is 19.1 Å². The number of carbonyl (C=O) groups excluding carboxylic acids is 1. The van der Waals surface area contributed by atoms with Gasteiger partial charge in [-0.15, -0.1) is 13.2 Å². The molecule has 0 saturated carbocycles. The van der Waals surface area contributed by atoms with Crippen molar-refractivity contribution in [2.75, 3.05) is 12.4 Å². The first-order valence-corrected chi connectivity index (χ1v) is 8.14. The van der Waals surface area contributed by atoms with E-state index in [1.165, 1.54) is 31.4 Å². The van der Waals surface area contributed by atoms with E-state index in [9.17, 15) is 23.2 Å². The number of nitriles is 1. The number of rotatable bonds is 5. The number of alkyl halides is 3. The topological polar surface area (TPSA) is 71.3 Å². The summed E-state index contributed by atoms with van der Waals surface area (Å²) in [7, 11) is 1.41.